The molecule has 0 saturated carbocycles. The molecule has 0 saturated heterocycles. The summed E-state index contributed by atoms with van der Waals surface area (Å²) in [6, 6.07) is 14.9. The van der Waals surface area contributed by atoms with E-state index in [0.717, 1.165) is 16.7 Å². The fraction of sp³-hybridized carbons (Fsp3) is 0.176. The summed E-state index contributed by atoms with van der Waals surface area (Å²) in [7, 11) is 0. The summed E-state index contributed by atoms with van der Waals surface area (Å²) < 4.78 is 5.19. The highest BCUT2D eigenvalue weighted by atomic mass is 35.5. The fourth-order valence-electron chi connectivity index (χ4n) is 2.03. The van der Waals surface area contributed by atoms with Gasteiger partial charge in [0.15, 0.2) is 6.54 Å². The number of aromatic nitrogens is 4. The van der Waals surface area contributed by atoms with Crippen LogP contribution in [0.4, 0.5) is 0 Å². The number of tetrazole rings is 1. The first-order valence-electron chi connectivity index (χ1n) is 7.35. The summed E-state index contributed by atoms with van der Waals surface area (Å²) in [5, 5.41) is 12.7. The molecular formula is C17H15ClN4O2. The van der Waals surface area contributed by atoms with Crippen molar-refractivity contribution in [2.75, 3.05) is 0 Å². The second kappa shape index (κ2) is 7.23. The molecule has 7 heteroatoms. The molecule has 3 rings (SSSR count). The molecule has 0 aliphatic carbocycles. The van der Waals surface area contributed by atoms with Crippen LogP contribution in [0.3, 0.4) is 0 Å². The Kier molecular flexibility index (Phi) is 4.86. The Labute approximate surface area is 144 Å². The molecule has 6 nitrogen and oxygen atoms in total. The van der Waals surface area contributed by atoms with Crippen molar-refractivity contribution in [3.8, 4) is 11.4 Å². The van der Waals surface area contributed by atoms with E-state index < -0.39 is 5.97 Å². The molecule has 0 aliphatic heterocycles. The van der Waals surface area contributed by atoms with E-state index in [0.29, 0.717) is 10.8 Å². The second-order valence-corrected chi connectivity index (χ2v) is 5.73. The van der Waals surface area contributed by atoms with E-state index in [1.54, 1.807) is 24.3 Å². The van der Waals surface area contributed by atoms with E-state index in [9.17, 15) is 4.79 Å². The number of ether oxygens (including phenoxy) is 1. The minimum absolute atomic E-state index is 0.0908. The van der Waals surface area contributed by atoms with Crippen LogP contribution in [-0.4, -0.2) is 26.2 Å². The zero-order chi connectivity index (χ0) is 16.9. The Hall–Kier alpha value is -2.73. The predicted octanol–water partition coefficient (Wildman–Crippen LogP) is 3.05. The maximum absolute atomic E-state index is 11.9. The molecule has 1 heterocycles. The summed E-state index contributed by atoms with van der Waals surface area (Å²) in [5.41, 5.74) is 2.86. The van der Waals surface area contributed by atoms with E-state index in [4.69, 9.17) is 16.3 Å². The number of halogens is 1. The van der Waals surface area contributed by atoms with Gasteiger partial charge in [-0.3, -0.25) is 0 Å². The highest BCUT2D eigenvalue weighted by molar-refractivity contribution is 6.30. The first-order chi connectivity index (χ1) is 11.6. The topological polar surface area (TPSA) is 69.9 Å². The molecule has 24 heavy (non-hydrogen) atoms. The first-order valence-corrected chi connectivity index (χ1v) is 7.73. The van der Waals surface area contributed by atoms with Gasteiger partial charge in [0.2, 0.25) is 5.82 Å². The van der Waals surface area contributed by atoms with Gasteiger partial charge in [-0.25, -0.2) is 4.79 Å². The molecule has 0 radical (unpaired) electrons. The van der Waals surface area contributed by atoms with E-state index in [1.807, 2.05) is 31.2 Å². The normalized spacial score (nSPS) is 10.6. The minimum Gasteiger partial charge on any atom is -0.459 e. The molecule has 2 aromatic carbocycles. The van der Waals surface area contributed by atoms with Gasteiger partial charge >= 0.3 is 5.97 Å². The van der Waals surface area contributed by atoms with Gasteiger partial charge in [0.05, 0.1) is 0 Å². The number of hydrogen-bond donors (Lipinski definition) is 0. The average Bonchev–Trinajstić information content (AvgIpc) is 3.03. The van der Waals surface area contributed by atoms with Gasteiger partial charge in [-0.1, -0.05) is 53.6 Å². The molecule has 0 spiro atoms. The summed E-state index contributed by atoms with van der Waals surface area (Å²) in [4.78, 5) is 13.1. The molecule has 0 bridgehead atoms. The van der Waals surface area contributed by atoms with Crippen LogP contribution in [0.15, 0.2) is 48.5 Å². The van der Waals surface area contributed by atoms with Crippen molar-refractivity contribution in [1.82, 2.24) is 20.2 Å². The standard InChI is InChI=1S/C17H15ClN4O2/c1-12-2-6-14(7-3-12)17-19-21-22(20-17)10-16(23)24-11-13-4-8-15(18)9-5-13/h2-9H,10-11H2,1H3. The van der Waals surface area contributed by atoms with Crippen LogP contribution in [0, 0.1) is 6.92 Å². The molecule has 0 atom stereocenters. The molecule has 0 amide bonds. The van der Waals surface area contributed by atoms with Gasteiger partial charge < -0.3 is 4.74 Å². The number of aryl methyl sites for hydroxylation is 1. The van der Waals surface area contributed by atoms with Crippen molar-refractivity contribution in [1.29, 1.82) is 0 Å². The zero-order valence-electron chi connectivity index (χ0n) is 13.0. The molecule has 0 aliphatic rings. The number of carbonyl (C=O) groups is 1. The fourth-order valence-corrected chi connectivity index (χ4v) is 2.16. The molecule has 122 valence electrons. The van der Waals surface area contributed by atoms with Crippen LogP contribution in [0.5, 0.6) is 0 Å². The summed E-state index contributed by atoms with van der Waals surface area (Å²) in [6.07, 6.45) is 0. The van der Waals surface area contributed by atoms with E-state index in [1.165, 1.54) is 4.80 Å². The second-order valence-electron chi connectivity index (χ2n) is 5.30. The largest absolute Gasteiger partial charge is 0.459 e. The molecule has 0 unspecified atom stereocenters. The molecule has 1 aromatic heterocycles. The van der Waals surface area contributed by atoms with Gasteiger partial charge in [-0.2, -0.15) is 4.80 Å². The maximum Gasteiger partial charge on any atom is 0.330 e. The lowest BCUT2D eigenvalue weighted by Crippen LogP contribution is -2.15. The van der Waals surface area contributed by atoms with Crippen LogP contribution in [0.1, 0.15) is 11.1 Å². The number of hydrogen-bond acceptors (Lipinski definition) is 5. The maximum atomic E-state index is 11.9. The Bertz CT molecular complexity index is 829. The van der Waals surface area contributed by atoms with Crippen LogP contribution < -0.4 is 0 Å². The summed E-state index contributed by atoms with van der Waals surface area (Å²) in [5.74, 6) is 0.0401. The van der Waals surface area contributed by atoms with Gasteiger partial charge in [0.1, 0.15) is 6.61 Å². The van der Waals surface area contributed by atoms with Gasteiger partial charge in [0, 0.05) is 10.6 Å². The summed E-state index contributed by atoms with van der Waals surface area (Å²) in [6.45, 7) is 2.09. The first kappa shape index (κ1) is 16.1. The lowest BCUT2D eigenvalue weighted by molar-refractivity contribution is -0.146. The van der Waals surface area contributed by atoms with Crippen LogP contribution >= 0.6 is 11.6 Å². The Morgan fingerprint density at radius 3 is 2.54 bits per heavy atom. The van der Waals surface area contributed by atoms with Crippen molar-refractivity contribution < 1.29 is 9.53 Å². The third kappa shape index (κ3) is 4.17. The highest BCUT2D eigenvalue weighted by Gasteiger charge is 2.10. The van der Waals surface area contributed by atoms with Crippen LogP contribution in [-0.2, 0) is 22.7 Å². The molecular weight excluding hydrogens is 328 g/mol. The van der Waals surface area contributed by atoms with Gasteiger partial charge in [-0.05, 0) is 29.8 Å². The van der Waals surface area contributed by atoms with Crippen molar-refractivity contribution >= 4 is 17.6 Å². The van der Waals surface area contributed by atoms with E-state index in [-0.39, 0.29) is 13.2 Å². The molecule has 3 aromatic rings. The van der Waals surface area contributed by atoms with Crippen LogP contribution in [0.2, 0.25) is 5.02 Å². The highest BCUT2D eigenvalue weighted by Crippen LogP contribution is 2.14. The Morgan fingerprint density at radius 2 is 1.83 bits per heavy atom. The Morgan fingerprint density at radius 1 is 1.12 bits per heavy atom. The van der Waals surface area contributed by atoms with Crippen molar-refractivity contribution in [2.45, 2.75) is 20.1 Å². The van der Waals surface area contributed by atoms with Crippen LogP contribution in [0.25, 0.3) is 11.4 Å². The van der Waals surface area contributed by atoms with Crippen molar-refractivity contribution in [2.24, 2.45) is 0 Å². The monoisotopic (exact) mass is 342 g/mol. The van der Waals surface area contributed by atoms with Crippen molar-refractivity contribution in [3.63, 3.8) is 0 Å². The lowest BCUT2D eigenvalue weighted by Gasteiger charge is -2.04. The quantitative estimate of drug-likeness (QED) is 0.666. The lowest BCUT2D eigenvalue weighted by atomic mass is 10.1. The van der Waals surface area contributed by atoms with Gasteiger partial charge in [0.25, 0.3) is 0 Å². The zero-order valence-corrected chi connectivity index (χ0v) is 13.8. The number of benzene rings is 2. The summed E-state index contributed by atoms with van der Waals surface area (Å²) >= 11 is 5.81. The third-order valence-corrected chi connectivity index (χ3v) is 3.60. The average molecular weight is 343 g/mol. The minimum atomic E-state index is -0.433. The number of nitrogens with zero attached hydrogens (tertiary/aromatic N) is 4. The Balaban J connectivity index is 1.57. The van der Waals surface area contributed by atoms with Gasteiger partial charge in [-0.15, -0.1) is 10.2 Å². The van der Waals surface area contributed by atoms with E-state index in [2.05, 4.69) is 15.4 Å². The number of carbonyl (C=O) groups excluding carboxylic acids is 1. The van der Waals surface area contributed by atoms with E-state index >= 15 is 0 Å². The molecule has 0 fully saturated rings. The predicted molar refractivity (Wildman–Crippen MR) is 89.2 cm³/mol. The molecule has 0 N–H and O–H groups in total. The number of esters is 1. The van der Waals surface area contributed by atoms with Crippen molar-refractivity contribution in [3.05, 3.63) is 64.7 Å². The number of rotatable bonds is 5. The third-order valence-electron chi connectivity index (χ3n) is 3.35. The SMILES string of the molecule is Cc1ccc(-c2nnn(CC(=O)OCc3ccc(Cl)cc3)n2)cc1. The smallest absolute Gasteiger partial charge is 0.330 e.